The Morgan fingerprint density at radius 1 is 1.48 bits per heavy atom. The van der Waals surface area contributed by atoms with Crippen LogP contribution in [0.2, 0.25) is 5.02 Å². The summed E-state index contributed by atoms with van der Waals surface area (Å²) in [7, 11) is 1.97. The molecule has 0 bridgehead atoms. The molecule has 0 N–H and O–H groups in total. The summed E-state index contributed by atoms with van der Waals surface area (Å²) in [6.07, 6.45) is 2.10. The average molecular weight is 309 g/mol. The van der Waals surface area contributed by atoms with Crippen molar-refractivity contribution in [3.8, 4) is 6.07 Å². The van der Waals surface area contributed by atoms with Gasteiger partial charge in [0.1, 0.15) is 11.9 Å². The van der Waals surface area contributed by atoms with E-state index in [0.717, 1.165) is 26.2 Å². The standard InChI is InChI=1S/C15H21ClN4O/c1-11-9-20(10-12(2)21-11)5-4-19(3)15-14(16)6-13(7-17)8-18-15/h6,8,11-12H,4-5,9-10H2,1-3H3/t11-,12+. The second-order valence-electron chi connectivity index (χ2n) is 5.58. The van der Waals surface area contributed by atoms with Gasteiger partial charge in [-0.2, -0.15) is 5.26 Å². The Labute approximate surface area is 131 Å². The van der Waals surface area contributed by atoms with Crippen molar-refractivity contribution in [1.82, 2.24) is 9.88 Å². The predicted molar refractivity (Wildman–Crippen MR) is 83.7 cm³/mol. The number of hydrogen-bond acceptors (Lipinski definition) is 5. The molecule has 5 nitrogen and oxygen atoms in total. The van der Waals surface area contributed by atoms with Crippen LogP contribution in [0.25, 0.3) is 0 Å². The summed E-state index contributed by atoms with van der Waals surface area (Å²) >= 11 is 6.18. The Morgan fingerprint density at radius 3 is 2.71 bits per heavy atom. The van der Waals surface area contributed by atoms with Crippen molar-refractivity contribution in [1.29, 1.82) is 5.26 Å². The molecule has 0 radical (unpaired) electrons. The summed E-state index contributed by atoms with van der Waals surface area (Å²) in [4.78, 5) is 8.69. The van der Waals surface area contributed by atoms with Crippen LogP contribution in [0.1, 0.15) is 19.4 Å². The first-order valence-corrected chi connectivity index (χ1v) is 7.52. The Balaban J connectivity index is 1.93. The summed E-state index contributed by atoms with van der Waals surface area (Å²) in [6.45, 7) is 7.88. The van der Waals surface area contributed by atoms with Crippen molar-refractivity contribution < 1.29 is 4.74 Å². The SMILES string of the molecule is C[C@@H]1CN(CCN(C)c2ncc(C#N)cc2Cl)C[C@H](C)O1. The van der Waals surface area contributed by atoms with Gasteiger partial charge in [0.05, 0.1) is 22.8 Å². The van der Waals surface area contributed by atoms with E-state index in [4.69, 9.17) is 21.6 Å². The molecule has 1 aliphatic rings. The lowest BCUT2D eigenvalue weighted by molar-refractivity contribution is -0.0670. The third-order valence-electron chi connectivity index (χ3n) is 3.56. The third kappa shape index (κ3) is 4.31. The second kappa shape index (κ2) is 7.08. The zero-order valence-corrected chi connectivity index (χ0v) is 13.5. The maximum atomic E-state index is 8.83. The highest BCUT2D eigenvalue weighted by Crippen LogP contribution is 2.23. The molecule has 21 heavy (non-hydrogen) atoms. The van der Waals surface area contributed by atoms with E-state index in [1.54, 1.807) is 12.3 Å². The van der Waals surface area contributed by atoms with Gasteiger partial charge in [-0.1, -0.05) is 11.6 Å². The van der Waals surface area contributed by atoms with E-state index in [2.05, 4.69) is 23.7 Å². The number of aromatic nitrogens is 1. The van der Waals surface area contributed by atoms with Gasteiger partial charge in [0, 0.05) is 39.4 Å². The van der Waals surface area contributed by atoms with Crippen LogP contribution in [0.15, 0.2) is 12.3 Å². The summed E-state index contributed by atoms with van der Waals surface area (Å²) in [5, 5.41) is 9.35. The van der Waals surface area contributed by atoms with Crippen molar-refractivity contribution in [2.75, 3.05) is 38.1 Å². The van der Waals surface area contributed by atoms with Crippen LogP contribution in [0.3, 0.4) is 0 Å². The van der Waals surface area contributed by atoms with Gasteiger partial charge in [-0.05, 0) is 19.9 Å². The smallest absolute Gasteiger partial charge is 0.147 e. The molecule has 6 heteroatoms. The molecule has 0 aromatic carbocycles. The summed E-state index contributed by atoms with van der Waals surface area (Å²) in [5.74, 6) is 0.713. The van der Waals surface area contributed by atoms with Crippen molar-refractivity contribution in [3.05, 3.63) is 22.8 Å². The van der Waals surface area contributed by atoms with E-state index in [9.17, 15) is 0 Å². The van der Waals surface area contributed by atoms with Gasteiger partial charge in [-0.3, -0.25) is 4.90 Å². The van der Waals surface area contributed by atoms with Crippen molar-refractivity contribution in [2.45, 2.75) is 26.1 Å². The van der Waals surface area contributed by atoms with Crippen molar-refractivity contribution in [3.63, 3.8) is 0 Å². The number of hydrogen-bond donors (Lipinski definition) is 0. The fraction of sp³-hybridized carbons (Fsp3) is 0.600. The zero-order chi connectivity index (χ0) is 15.4. The molecule has 1 aromatic heterocycles. The lowest BCUT2D eigenvalue weighted by Crippen LogP contribution is -2.47. The largest absolute Gasteiger partial charge is 0.373 e. The summed E-state index contributed by atoms with van der Waals surface area (Å²) < 4.78 is 5.73. The Morgan fingerprint density at radius 2 is 2.14 bits per heavy atom. The zero-order valence-electron chi connectivity index (χ0n) is 12.7. The number of likely N-dealkylation sites (N-methyl/N-ethyl adjacent to an activating group) is 1. The average Bonchev–Trinajstić information content (AvgIpc) is 2.43. The Kier molecular flexibility index (Phi) is 5.40. The van der Waals surface area contributed by atoms with Crippen LogP contribution in [0.5, 0.6) is 0 Å². The number of rotatable bonds is 4. The van der Waals surface area contributed by atoms with Gasteiger partial charge < -0.3 is 9.64 Å². The molecule has 0 aliphatic carbocycles. The minimum absolute atomic E-state index is 0.274. The molecule has 2 atom stereocenters. The van der Waals surface area contributed by atoms with Crippen LogP contribution in [-0.2, 0) is 4.74 Å². The number of halogens is 1. The van der Waals surface area contributed by atoms with Crippen LogP contribution in [0.4, 0.5) is 5.82 Å². The number of anilines is 1. The Hall–Kier alpha value is -1.35. The molecule has 0 spiro atoms. The van der Waals surface area contributed by atoms with Gasteiger partial charge in [0.15, 0.2) is 0 Å². The first-order chi connectivity index (χ1) is 9.99. The van der Waals surface area contributed by atoms with E-state index in [1.165, 1.54) is 0 Å². The molecule has 0 saturated carbocycles. The fourth-order valence-electron chi connectivity index (χ4n) is 2.64. The minimum Gasteiger partial charge on any atom is -0.373 e. The van der Waals surface area contributed by atoms with Gasteiger partial charge in [-0.15, -0.1) is 0 Å². The first kappa shape index (κ1) is 16.0. The molecular weight excluding hydrogens is 288 g/mol. The van der Waals surface area contributed by atoms with Gasteiger partial charge in [0.2, 0.25) is 0 Å². The van der Waals surface area contributed by atoms with E-state index < -0.39 is 0 Å². The third-order valence-corrected chi connectivity index (χ3v) is 3.84. The maximum Gasteiger partial charge on any atom is 0.147 e. The molecule has 1 aromatic rings. The molecule has 2 rings (SSSR count). The first-order valence-electron chi connectivity index (χ1n) is 7.14. The number of nitrogens with zero attached hydrogens (tertiary/aromatic N) is 4. The summed E-state index contributed by atoms with van der Waals surface area (Å²) in [5.41, 5.74) is 0.480. The molecule has 1 aliphatic heterocycles. The molecule has 1 saturated heterocycles. The summed E-state index contributed by atoms with van der Waals surface area (Å²) in [6, 6.07) is 3.69. The van der Waals surface area contributed by atoms with Crippen molar-refractivity contribution in [2.24, 2.45) is 0 Å². The Bertz CT molecular complexity index is 521. The highest BCUT2D eigenvalue weighted by molar-refractivity contribution is 6.33. The molecule has 1 fully saturated rings. The van der Waals surface area contributed by atoms with Crippen LogP contribution in [-0.4, -0.2) is 55.3 Å². The number of nitriles is 1. The molecule has 0 unspecified atom stereocenters. The maximum absolute atomic E-state index is 8.83. The minimum atomic E-state index is 0.274. The highest BCUT2D eigenvalue weighted by Gasteiger charge is 2.22. The molecule has 114 valence electrons. The van der Waals surface area contributed by atoms with Gasteiger partial charge >= 0.3 is 0 Å². The van der Waals surface area contributed by atoms with Crippen LogP contribution < -0.4 is 4.90 Å². The van der Waals surface area contributed by atoms with Gasteiger partial charge in [0.25, 0.3) is 0 Å². The van der Waals surface area contributed by atoms with Crippen molar-refractivity contribution >= 4 is 17.4 Å². The quantitative estimate of drug-likeness (QED) is 0.853. The van der Waals surface area contributed by atoms with E-state index in [-0.39, 0.29) is 12.2 Å². The van der Waals surface area contributed by atoms with E-state index >= 15 is 0 Å². The van der Waals surface area contributed by atoms with Crippen LogP contribution >= 0.6 is 11.6 Å². The van der Waals surface area contributed by atoms with E-state index in [0.29, 0.717) is 16.4 Å². The molecule has 2 heterocycles. The molecular formula is C15H21ClN4O. The van der Waals surface area contributed by atoms with Gasteiger partial charge in [-0.25, -0.2) is 4.98 Å². The topological polar surface area (TPSA) is 52.4 Å². The molecule has 0 amide bonds. The lowest BCUT2D eigenvalue weighted by Gasteiger charge is -2.36. The van der Waals surface area contributed by atoms with Crippen LogP contribution in [0, 0.1) is 11.3 Å². The monoisotopic (exact) mass is 308 g/mol. The number of ether oxygens (including phenoxy) is 1. The lowest BCUT2D eigenvalue weighted by atomic mass is 10.2. The normalized spacial score (nSPS) is 22.8. The number of pyridine rings is 1. The van der Waals surface area contributed by atoms with E-state index in [1.807, 2.05) is 18.0 Å². The highest BCUT2D eigenvalue weighted by atomic mass is 35.5. The number of morpholine rings is 1. The second-order valence-corrected chi connectivity index (χ2v) is 5.99. The fourth-order valence-corrected chi connectivity index (χ4v) is 2.95. The predicted octanol–water partition coefficient (Wildman–Crippen LogP) is 2.15.